The van der Waals surface area contributed by atoms with Crippen LogP contribution in [0.3, 0.4) is 0 Å². The van der Waals surface area contributed by atoms with Crippen molar-refractivity contribution in [3.05, 3.63) is 42.1 Å². The highest BCUT2D eigenvalue weighted by Gasteiger charge is 2.30. The van der Waals surface area contributed by atoms with Gasteiger partial charge in [-0.2, -0.15) is 5.10 Å². The summed E-state index contributed by atoms with van der Waals surface area (Å²) in [7, 11) is 0. The number of aliphatic hydroxyl groups excluding tert-OH is 2. The monoisotopic (exact) mass is 358 g/mol. The molecule has 1 amide bonds. The zero-order valence-corrected chi connectivity index (χ0v) is 15.1. The van der Waals surface area contributed by atoms with Crippen molar-refractivity contribution in [1.82, 2.24) is 20.4 Å². The lowest BCUT2D eigenvalue weighted by molar-refractivity contribution is -0.124. The second-order valence-corrected chi connectivity index (χ2v) is 6.73. The molecular formula is C19H26N4O3. The lowest BCUT2D eigenvalue weighted by Crippen LogP contribution is -2.44. The first kappa shape index (κ1) is 18.6. The third kappa shape index (κ3) is 3.95. The van der Waals surface area contributed by atoms with Gasteiger partial charge in [0.1, 0.15) is 0 Å². The molecule has 2 unspecified atom stereocenters. The normalized spacial score (nSPS) is 22.2. The van der Waals surface area contributed by atoms with Crippen LogP contribution in [0.5, 0.6) is 0 Å². The van der Waals surface area contributed by atoms with Gasteiger partial charge >= 0.3 is 0 Å². The lowest BCUT2D eigenvalue weighted by Gasteiger charge is -2.24. The number of aryl methyl sites for hydroxylation is 1. The molecule has 1 aliphatic heterocycles. The van der Waals surface area contributed by atoms with Crippen LogP contribution >= 0.6 is 0 Å². The van der Waals surface area contributed by atoms with Crippen molar-refractivity contribution in [2.45, 2.75) is 51.1 Å². The number of aliphatic hydroxyl groups is 2. The van der Waals surface area contributed by atoms with E-state index in [0.717, 1.165) is 23.4 Å². The number of β-amino-alcohol motifs (C(OH)–C–C–N with tert-alkyl or cyclic N) is 1. The molecule has 140 valence electrons. The molecule has 4 N–H and O–H groups in total. The van der Waals surface area contributed by atoms with Crippen LogP contribution in [-0.4, -0.2) is 50.7 Å². The first-order chi connectivity index (χ1) is 12.5. The predicted octanol–water partition coefficient (Wildman–Crippen LogP) is 0.831. The van der Waals surface area contributed by atoms with E-state index >= 15 is 0 Å². The molecule has 2 aromatic rings. The number of nitrogens with zero attached hydrogens (tertiary/aromatic N) is 2. The summed E-state index contributed by atoms with van der Waals surface area (Å²) in [5, 5.41) is 29.9. The Morgan fingerprint density at radius 3 is 2.69 bits per heavy atom. The van der Waals surface area contributed by atoms with Crippen LogP contribution < -0.4 is 10.6 Å². The number of benzene rings is 1. The van der Waals surface area contributed by atoms with E-state index in [2.05, 4.69) is 15.7 Å². The highest BCUT2D eigenvalue weighted by molar-refractivity contribution is 5.82. The molecule has 7 nitrogen and oxygen atoms in total. The molecule has 0 bridgehead atoms. The summed E-state index contributed by atoms with van der Waals surface area (Å²) in [5.41, 5.74) is 2.89. The van der Waals surface area contributed by atoms with Crippen molar-refractivity contribution in [2.24, 2.45) is 0 Å². The Morgan fingerprint density at radius 1 is 1.38 bits per heavy atom. The second-order valence-electron chi connectivity index (χ2n) is 6.73. The highest BCUT2D eigenvalue weighted by atomic mass is 16.3. The maximum absolute atomic E-state index is 12.4. The number of hydrogen-bond acceptors (Lipinski definition) is 5. The van der Waals surface area contributed by atoms with Gasteiger partial charge in [-0.25, -0.2) is 0 Å². The van der Waals surface area contributed by atoms with Crippen LogP contribution in [0.2, 0.25) is 0 Å². The molecule has 1 aliphatic rings. The van der Waals surface area contributed by atoms with E-state index in [9.17, 15) is 15.0 Å². The minimum Gasteiger partial charge on any atom is -0.392 e. The fourth-order valence-electron chi connectivity index (χ4n) is 3.34. The highest BCUT2D eigenvalue weighted by Crippen LogP contribution is 2.24. The zero-order valence-electron chi connectivity index (χ0n) is 15.1. The number of amides is 1. The molecule has 1 aromatic carbocycles. The standard InChI is InChI=1S/C19H26N4O3/c1-3-23-17(8-9-21-23)13-4-6-14(7-5-13)18(12(2)24)22-19(26)16-10-15(25)11-20-16/h4-9,12,15-16,18,20,24-25H,3,10-11H2,1-2H3,(H,22,26)/t12-,15?,16?,18+/m1/s1. The summed E-state index contributed by atoms with van der Waals surface area (Å²) in [6.45, 7) is 4.90. The minimum absolute atomic E-state index is 0.208. The summed E-state index contributed by atoms with van der Waals surface area (Å²) in [5.74, 6) is -0.208. The third-order valence-corrected chi connectivity index (χ3v) is 4.79. The molecule has 7 heteroatoms. The fraction of sp³-hybridized carbons (Fsp3) is 0.474. The number of carbonyl (C=O) groups is 1. The Bertz CT molecular complexity index is 741. The van der Waals surface area contributed by atoms with Gasteiger partial charge < -0.3 is 20.8 Å². The quantitative estimate of drug-likeness (QED) is 0.613. The first-order valence-corrected chi connectivity index (χ1v) is 9.01. The van der Waals surface area contributed by atoms with Gasteiger partial charge in [-0.3, -0.25) is 9.48 Å². The number of aromatic nitrogens is 2. The molecule has 0 saturated carbocycles. The van der Waals surface area contributed by atoms with Crippen molar-refractivity contribution in [3.8, 4) is 11.3 Å². The smallest absolute Gasteiger partial charge is 0.237 e. The first-order valence-electron chi connectivity index (χ1n) is 9.01. The third-order valence-electron chi connectivity index (χ3n) is 4.79. The van der Waals surface area contributed by atoms with Gasteiger partial charge in [0.25, 0.3) is 0 Å². The maximum atomic E-state index is 12.4. The predicted molar refractivity (Wildman–Crippen MR) is 98.3 cm³/mol. The zero-order chi connectivity index (χ0) is 18.7. The lowest BCUT2D eigenvalue weighted by atomic mass is 9.99. The van der Waals surface area contributed by atoms with E-state index in [1.165, 1.54) is 0 Å². The van der Waals surface area contributed by atoms with Crippen molar-refractivity contribution in [3.63, 3.8) is 0 Å². The van der Waals surface area contributed by atoms with Gasteiger partial charge in [0.15, 0.2) is 0 Å². The summed E-state index contributed by atoms with van der Waals surface area (Å²) in [6.07, 6.45) is 0.920. The van der Waals surface area contributed by atoms with Crippen molar-refractivity contribution in [2.75, 3.05) is 6.54 Å². The molecular weight excluding hydrogens is 332 g/mol. The van der Waals surface area contributed by atoms with Gasteiger partial charge in [-0.15, -0.1) is 0 Å². The van der Waals surface area contributed by atoms with Gasteiger partial charge in [0, 0.05) is 19.3 Å². The molecule has 0 spiro atoms. The summed E-state index contributed by atoms with van der Waals surface area (Å²) >= 11 is 0. The van der Waals surface area contributed by atoms with E-state index in [1.54, 1.807) is 13.1 Å². The van der Waals surface area contributed by atoms with Crippen LogP contribution in [0.1, 0.15) is 31.9 Å². The number of rotatable bonds is 6. The van der Waals surface area contributed by atoms with E-state index in [0.29, 0.717) is 13.0 Å². The van der Waals surface area contributed by atoms with Gasteiger partial charge in [0.2, 0.25) is 5.91 Å². The maximum Gasteiger partial charge on any atom is 0.237 e. The van der Waals surface area contributed by atoms with Crippen molar-refractivity contribution in [1.29, 1.82) is 0 Å². The fourth-order valence-corrected chi connectivity index (χ4v) is 3.34. The largest absolute Gasteiger partial charge is 0.392 e. The van der Waals surface area contributed by atoms with Crippen LogP contribution in [0, 0.1) is 0 Å². The van der Waals surface area contributed by atoms with Crippen LogP contribution in [0.15, 0.2) is 36.5 Å². The summed E-state index contributed by atoms with van der Waals surface area (Å²) < 4.78 is 1.92. The average molecular weight is 358 g/mol. The molecule has 1 fully saturated rings. The van der Waals surface area contributed by atoms with Gasteiger partial charge in [-0.05, 0) is 37.5 Å². The molecule has 26 heavy (non-hydrogen) atoms. The van der Waals surface area contributed by atoms with Crippen LogP contribution in [0.4, 0.5) is 0 Å². The number of hydrogen-bond donors (Lipinski definition) is 4. The minimum atomic E-state index is -0.739. The molecule has 4 atom stereocenters. The molecule has 0 radical (unpaired) electrons. The van der Waals surface area contributed by atoms with E-state index in [-0.39, 0.29) is 5.91 Å². The van der Waals surface area contributed by atoms with Crippen molar-refractivity contribution >= 4 is 5.91 Å². The van der Waals surface area contributed by atoms with E-state index in [4.69, 9.17) is 0 Å². The van der Waals surface area contributed by atoms with E-state index in [1.807, 2.05) is 41.9 Å². The Labute approximate surface area is 153 Å². The van der Waals surface area contributed by atoms with Crippen molar-refractivity contribution < 1.29 is 15.0 Å². The Kier molecular flexibility index (Phi) is 5.70. The Balaban J connectivity index is 1.75. The average Bonchev–Trinajstić information content (AvgIpc) is 3.28. The van der Waals surface area contributed by atoms with Crippen LogP contribution in [0.25, 0.3) is 11.3 Å². The Morgan fingerprint density at radius 2 is 2.12 bits per heavy atom. The summed E-state index contributed by atoms with van der Waals surface area (Å²) in [4.78, 5) is 12.4. The van der Waals surface area contributed by atoms with E-state index < -0.39 is 24.3 Å². The van der Waals surface area contributed by atoms with Gasteiger partial charge in [-0.1, -0.05) is 24.3 Å². The molecule has 1 aromatic heterocycles. The molecule has 0 aliphatic carbocycles. The SMILES string of the molecule is CCn1nccc1-c1ccc([C@@H](NC(=O)C2CC(O)CN2)[C@@H](C)O)cc1. The van der Waals surface area contributed by atoms with Gasteiger partial charge in [0.05, 0.1) is 30.0 Å². The summed E-state index contributed by atoms with van der Waals surface area (Å²) in [6, 6.07) is 8.80. The molecule has 1 saturated heterocycles. The molecule has 2 heterocycles. The van der Waals surface area contributed by atoms with Crippen LogP contribution in [-0.2, 0) is 11.3 Å². The second kappa shape index (κ2) is 7.99. The molecule has 3 rings (SSSR count). The number of carbonyl (C=O) groups excluding carboxylic acids is 1. The number of nitrogens with one attached hydrogen (secondary N) is 2. The topological polar surface area (TPSA) is 99.4 Å². The Hall–Kier alpha value is -2.22.